The molecule has 0 saturated carbocycles. The SMILES string of the molecule is c1ccc(CN2CCCC2C2CCCN2CCN2CCCCC2)cc1. The standard InChI is InChI=1S/C22H35N3/c1-3-9-20(10-4-1)19-25-16-8-12-22(25)21-11-7-15-24(21)18-17-23-13-5-2-6-14-23/h1,3-4,9-10,21-22H,2,5-8,11-19H2. The molecule has 2 atom stereocenters. The second-order valence-electron chi connectivity index (χ2n) is 8.31. The highest BCUT2D eigenvalue weighted by Crippen LogP contribution is 2.31. The van der Waals surface area contributed by atoms with E-state index in [1.807, 2.05) is 0 Å². The van der Waals surface area contributed by atoms with E-state index >= 15 is 0 Å². The van der Waals surface area contributed by atoms with Crippen LogP contribution in [0.5, 0.6) is 0 Å². The molecule has 3 nitrogen and oxygen atoms in total. The van der Waals surface area contributed by atoms with Crippen LogP contribution in [0.25, 0.3) is 0 Å². The van der Waals surface area contributed by atoms with Crippen LogP contribution in [0.1, 0.15) is 50.5 Å². The van der Waals surface area contributed by atoms with E-state index in [1.165, 1.54) is 89.8 Å². The summed E-state index contributed by atoms with van der Waals surface area (Å²) in [5.74, 6) is 0. The largest absolute Gasteiger partial charge is 0.302 e. The minimum Gasteiger partial charge on any atom is -0.302 e. The summed E-state index contributed by atoms with van der Waals surface area (Å²) in [5, 5.41) is 0. The van der Waals surface area contributed by atoms with Crippen LogP contribution < -0.4 is 0 Å². The number of hydrogen-bond acceptors (Lipinski definition) is 3. The summed E-state index contributed by atoms with van der Waals surface area (Å²) < 4.78 is 0. The average molecular weight is 342 g/mol. The first kappa shape index (κ1) is 17.5. The van der Waals surface area contributed by atoms with Crippen molar-refractivity contribution in [3.05, 3.63) is 35.9 Å². The second kappa shape index (κ2) is 8.66. The average Bonchev–Trinajstić information content (AvgIpc) is 3.30. The molecule has 3 fully saturated rings. The van der Waals surface area contributed by atoms with Gasteiger partial charge in [0.05, 0.1) is 0 Å². The summed E-state index contributed by atoms with van der Waals surface area (Å²) in [6.45, 7) is 9.01. The normalized spacial score (nSPS) is 29.4. The smallest absolute Gasteiger partial charge is 0.0255 e. The lowest BCUT2D eigenvalue weighted by atomic mass is 10.0. The van der Waals surface area contributed by atoms with Gasteiger partial charge in [-0.3, -0.25) is 9.80 Å². The maximum absolute atomic E-state index is 2.84. The molecule has 3 heteroatoms. The van der Waals surface area contributed by atoms with E-state index in [0.29, 0.717) is 0 Å². The predicted molar refractivity (Wildman–Crippen MR) is 105 cm³/mol. The Morgan fingerprint density at radius 1 is 0.680 bits per heavy atom. The number of likely N-dealkylation sites (tertiary alicyclic amines) is 3. The van der Waals surface area contributed by atoms with Gasteiger partial charge >= 0.3 is 0 Å². The Labute approximate surface area is 154 Å². The number of nitrogens with zero attached hydrogens (tertiary/aromatic N) is 3. The van der Waals surface area contributed by atoms with Gasteiger partial charge in [-0.15, -0.1) is 0 Å². The van der Waals surface area contributed by atoms with Crippen LogP contribution in [-0.2, 0) is 6.54 Å². The van der Waals surface area contributed by atoms with Crippen LogP contribution in [0.4, 0.5) is 0 Å². The zero-order valence-electron chi connectivity index (χ0n) is 15.8. The van der Waals surface area contributed by atoms with Gasteiger partial charge in [0.2, 0.25) is 0 Å². The van der Waals surface area contributed by atoms with Gasteiger partial charge in [0, 0.05) is 31.7 Å². The van der Waals surface area contributed by atoms with Gasteiger partial charge in [-0.25, -0.2) is 0 Å². The van der Waals surface area contributed by atoms with Crippen LogP contribution in [0.15, 0.2) is 30.3 Å². The lowest BCUT2D eigenvalue weighted by Crippen LogP contribution is -2.48. The first-order valence-electron chi connectivity index (χ1n) is 10.6. The fourth-order valence-electron chi connectivity index (χ4n) is 5.32. The van der Waals surface area contributed by atoms with Crippen molar-refractivity contribution < 1.29 is 0 Å². The number of benzene rings is 1. The van der Waals surface area contributed by atoms with Crippen LogP contribution in [0.3, 0.4) is 0 Å². The van der Waals surface area contributed by atoms with Gasteiger partial charge in [0.15, 0.2) is 0 Å². The number of piperidine rings is 1. The molecule has 3 heterocycles. The Kier molecular flexibility index (Phi) is 6.06. The molecule has 1 aromatic carbocycles. The Bertz CT molecular complexity index is 511. The molecule has 0 amide bonds. The molecule has 0 N–H and O–H groups in total. The molecule has 3 saturated heterocycles. The van der Waals surface area contributed by atoms with Gasteiger partial charge in [0.25, 0.3) is 0 Å². The molecule has 25 heavy (non-hydrogen) atoms. The third-order valence-corrected chi connectivity index (χ3v) is 6.65. The van der Waals surface area contributed by atoms with Gasteiger partial charge in [0.1, 0.15) is 0 Å². The van der Waals surface area contributed by atoms with Crippen molar-refractivity contribution in [1.29, 1.82) is 0 Å². The molecule has 1 aromatic rings. The highest BCUT2D eigenvalue weighted by Gasteiger charge is 2.37. The van der Waals surface area contributed by atoms with E-state index in [0.717, 1.165) is 18.6 Å². The molecule has 0 bridgehead atoms. The van der Waals surface area contributed by atoms with Gasteiger partial charge in [-0.2, -0.15) is 0 Å². The van der Waals surface area contributed by atoms with Crippen LogP contribution in [-0.4, -0.2) is 66.1 Å². The van der Waals surface area contributed by atoms with Crippen LogP contribution in [0.2, 0.25) is 0 Å². The van der Waals surface area contributed by atoms with E-state index in [2.05, 4.69) is 45.0 Å². The van der Waals surface area contributed by atoms with Crippen molar-refractivity contribution in [2.75, 3.05) is 39.3 Å². The summed E-state index contributed by atoms with van der Waals surface area (Å²) in [4.78, 5) is 8.32. The van der Waals surface area contributed by atoms with Crippen molar-refractivity contribution in [2.45, 2.75) is 63.6 Å². The van der Waals surface area contributed by atoms with E-state index < -0.39 is 0 Å². The topological polar surface area (TPSA) is 9.72 Å². The second-order valence-corrected chi connectivity index (χ2v) is 8.31. The van der Waals surface area contributed by atoms with Crippen molar-refractivity contribution >= 4 is 0 Å². The molecule has 0 spiro atoms. The lowest BCUT2D eigenvalue weighted by molar-refractivity contribution is 0.112. The van der Waals surface area contributed by atoms with E-state index in [-0.39, 0.29) is 0 Å². The Hall–Kier alpha value is -0.900. The number of rotatable bonds is 6. The monoisotopic (exact) mass is 341 g/mol. The van der Waals surface area contributed by atoms with Gasteiger partial charge in [-0.05, 0) is 70.3 Å². The van der Waals surface area contributed by atoms with E-state index in [9.17, 15) is 0 Å². The summed E-state index contributed by atoms with van der Waals surface area (Å²) in [6.07, 6.45) is 9.87. The molecule has 0 aromatic heterocycles. The van der Waals surface area contributed by atoms with Crippen molar-refractivity contribution in [3.8, 4) is 0 Å². The molecular weight excluding hydrogens is 306 g/mol. The molecule has 0 aliphatic carbocycles. The van der Waals surface area contributed by atoms with Crippen molar-refractivity contribution in [2.24, 2.45) is 0 Å². The van der Waals surface area contributed by atoms with E-state index in [1.54, 1.807) is 0 Å². The molecule has 4 rings (SSSR count). The maximum atomic E-state index is 2.84. The van der Waals surface area contributed by atoms with Crippen LogP contribution >= 0.6 is 0 Å². The molecule has 3 aliphatic heterocycles. The van der Waals surface area contributed by atoms with Gasteiger partial charge < -0.3 is 4.90 Å². The lowest BCUT2D eigenvalue weighted by Gasteiger charge is -2.36. The molecule has 138 valence electrons. The van der Waals surface area contributed by atoms with Gasteiger partial charge in [-0.1, -0.05) is 36.8 Å². The first-order chi connectivity index (χ1) is 12.4. The third-order valence-electron chi connectivity index (χ3n) is 6.65. The summed E-state index contributed by atoms with van der Waals surface area (Å²) in [6, 6.07) is 12.7. The van der Waals surface area contributed by atoms with Crippen molar-refractivity contribution in [1.82, 2.24) is 14.7 Å². The highest BCUT2D eigenvalue weighted by molar-refractivity contribution is 5.15. The molecular formula is C22H35N3. The Morgan fingerprint density at radius 2 is 1.36 bits per heavy atom. The van der Waals surface area contributed by atoms with Crippen molar-refractivity contribution in [3.63, 3.8) is 0 Å². The number of hydrogen-bond donors (Lipinski definition) is 0. The minimum absolute atomic E-state index is 0.782. The molecule has 2 unspecified atom stereocenters. The first-order valence-corrected chi connectivity index (χ1v) is 10.6. The van der Waals surface area contributed by atoms with E-state index in [4.69, 9.17) is 0 Å². The quantitative estimate of drug-likeness (QED) is 0.783. The fourth-order valence-corrected chi connectivity index (χ4v) is 5.32. The zero-order chi connectivity index (χ0) is 16.9. The zero-order valence-corrected chi connectivity index (χ0v) is 15.8. The Morgan fingerprint density at radius 3 is 2.12 bits per heavy atom. The maximum Gasteiger partial charge on any atom is 0.0255 e. The third kappa shape index (κ3) is 4.45. The molecule has 0 radical (unpaired) electrons. The minimum atomic E-state index is 0.782. The molecule has 3 aliphatic rings. The summed E-state index contributed by atoms with van der Waals surface area (Å²) >= 11 is 0. The van der Waals surface area contributed by atoms with Crippen LogP contribution in [0, 0.1) is 0 Å². The Balaban J connectivity index is 1.33. The predicted octanol–water partition coefficient (Wildman–Crippen LogP) is 3.60. The summed E-state index contributed by atoms with van der Waals surface area (Å²) in [7, 11) is 0. The summed E-state index contributed by atoms with van der Waals surface area (Å²) in [5.41, 5.74) is 1.48. The fraction of sp³-hybridized carbons (Fsp3) is 0.727. The highest BCUT2D eigenvalue weighted by atomic mass is 15.3.